The predicted octanol–water partition coefficient (Wildman–Crippen LogP) is 4.42. The van der Waals surface area contributed by atoms with Gasteiger partial charge in [-0.3, -0.25) is 0 Å². The number of fused-ring (bicyclic) bond motifs is 1. The summed E-state index contributed by atoms with van der Waals surface area (Å²) in [7, 11) is -3.58. The van der Waals surface area contributed by atoms with Gasteiger partial charge in [-0.2, -0.15) is 0 Å². The Morgan fingerprint density at radius 3 is 2.69 bits per heavy atom. The monoisotopic (exact) mass is 410 g/mol. The van der Waals surface area contributed by atoms with E-state index in [1.165, 1.54) is 18.3 Å². The Balaban J connectivity index is 1.40. The first kappa shape index (κ1) is 19.3. The number of aryl methyl sites for hydroxylation is 1. The van der Waals surface area contributed by atoms with Crippen LogP contribution in [0.3, 0.4) is 0 Å². The molecule has 0 atom stereocenters. The highest BCUT2D eigenvalue weighted by molar-refractivity contribution is 7.93. The molecule has 1 N–H and O–H groups in total. The number of rotatable bonds is 6. The summed E-state index contributed by atoms with van der Waals surface area (Å²) in [6, 6.07) is 16.9. The molecular weight excluding hydrogens is 391 g/mol. The van der Waals surface area contributed by atoms with Crippen LogP contribution in [0.2, 0.25) is 0 Å². The zero-order valence-electron chi connectivity index (χ0n) is 15.5. The van der Waals surface area contributed by atoms with Crippen molar-refractivity contribution in [2.24, 2.45) is 0 Å². The van der Waals surface area contributed by atoms with E-state index >= 15 is 0 Å². The summed E-state index contributed by atoms with van der Waals surface area (Å²) in [6.07, 6.45) is 4.44. The molecule has 1 heterocycles. The number of hydrogen-bond donors (Lipinski definition) is 1. The van der Waals surface area contributed by atoms with Crippen molar-refractivity contribution >= 4 is 16.1 Å². The molecule has 148 valence electrons. The van der Waals surface area contributed by atoms with E-state index in [1.807, 2.05) is 24.3 Å². The maximum atomic E-state index is 13.2. The van der Waals surface area contributed by atoms with Gasteiger partial charge in [-0.05, 0) is 47.7 Å². The highest BCUT2D eigenvalue weighted by Gasteiger charge is 2.21. The smallest absolute Gasteiger partial charge is 0.237 e. The van der Waals surface area contributed by atoms with Gasteiger partial charge < -0.3 is 4.74 Å². The van der Waals surface area contributed by atoms with Crippen molar-refractivity contribution in [1.29, 1.82) is 0 Å². The summed E-state index contributed by atoms with van der Waals surface area (Å²) in [6.45, 7) is 0.120. The maximum Gasteiger partial charge on any atom is 0.237 e. The van der Waals surface area contributed by atoms with Gasteiger partial charge in [-0.1, -0.05) is 36.4 Å². The largest absolute Gasteiger partial charge is 0.439 e. The predicted molar refractivity (Wildman–Crippen MR) is 109 cm³/mol. The van der Waals surface area contributed by atoms with Crippen molar-refractivity contribution in [1.82, 2.24) is 9.71 Å². The molecule has 29 heavy (non-hydrogen) atoms. The molecule has 0 radical (unpaired) electrons. The molecule has 0 amide bonds. The first-order chi connectivity index (χ1) is 14.0. The second-order valence-electron chi connectivity index (χ2n) is 6.70. The van der Waals surface area contributed by atoms with Gasteiger partial charge in [0, 0.05) is 24.9 Å². The molecule has 5 nitrogen and oxygen atoms in total. The lowest BCUT2D eigenvalue weighted by Crippen LogP contribution is -2.25. The molecule has 0 aliphatic heterocycles. The van der Waals surface area contributed by atoms with E-state index in [2.05, 4.69) is 9.71 Å². The molecular formula is C22H19FN2O3S. The van der Waals surface area contributed by atoms with Crippen molar-refractivity contribution in [2.45, 2.75) is 19.4 Å². The zero-order chi connectivity index (χ0) is 20.3. The van der Waals surface area contributed by atoms with Gasteiger partial charge in [0.05, 0.1) is 4.91 Å². The lowest BCUT2D eigenvalue weighted by atomic mass is 9.98. The second-order valence-corrected chi connectivity index (χ2v) is 8.52. The third-order valence-electron chi connectivity index (χ3n) is 4.64. The van der Waals surface area contributed by atoms with Gasteiger partial charge in [0.1, 0.15) is 11.6 Å². The van der Waals surface area contributed by atoms with Crippen molar-refractivity contribution < 1.29 is 17.5 Å². The zero-order valence-corrected chi connectivity index (χ0v) is 16.3. The molecule has 0 spiro atoms. The van der Waals surface area contributed by atoms with Crippen LogP contribution in [0.15, 0.2) is 71.8 Å². The molecule has 0 bridgehead atoms. The number of sulfonamides is 1. The number of hydrogen-bond acceptors (Lipinski definition) is 4. The van der Waals surface area contributed by atoms with Crippen molar-refractivity contribution in [2.75, 3.05) is 0 Å². The Kier molecular flexibility index (Phi) is 5.42. The lowest BCUT2D eigenvalue weighted by molar-refractivity contribution is 0.457. The van der Waals surface area contributed by atoms with Gasteiger partial charge in [0.2, 0.25) is 15.9 Å². The van der Waals surface area contributed by atoms with E-state index < -0.39 is 15.8 Å². The van der Waals surface area contributed by atoms with Gasteiger partial charge in [-0.15, -0.1) is 0 Å². The highest BCUT2D eigenvalue weighted by atomic mass is 32.2. The summed E-state index contributed by atoms with van der Waals surface area (Å²) in [5.74, 6) is 0.248. The van der Waals surface area contributed by atoms with E-state index in [0.717, 1.165) is 11.1 Å². The summed E-state index contributed by atoms with van der Waals surface area (Å²) >= 11 is 0. The number of halogens is 1. The lowest BCUT2D eigenvalue weighted by Gasteiger charge is -2.17. The van der Waals surface area contributed by atoms with E-state index in [0.29, 0.717) is 34.9 Å². The van der Waals surface area contributed by atoms with Crippen LogP contribution in [0, 0.1) is 5.82 Å². The summed E-state index contributed by atoms with van der Waals surface area (Å²) < 4.78 is 46.6. The molecule has 4 rings (SSSR count). The molecule has 0 saturated carbocycles. The van der Waals surface area contributed by atoms with Crippen LogP contribution in [0.1, 0.15) is 23.1 Å². The molecule has 1 aliphatic rings. The number of aromatic nitrogens is 1. The van der Waals surface area contributed by atoms with Gasteiger partial charge in [0.25, 0.3) is 0 Å². The molecule has 3 aromatic rings. The van der Waals surface area contributed by atoms with Crippen LogP contribution in [-0.4, -0.2) is 13.4 Å². The average Bonchev–Trinajstić information content (AvgIpc) is 2.73. The Morgan fingerprint density at radius 1 is 1.03 bits per heavy atom. The molecule has 1 aliphatic carbocycles. The van der Waals surface area contributed by atoms with Crippen molar-refractivity contribution in [3.8, 4) is 11.6 Å². The van der Waals surface area contributed by atoms with Crippen LogP contribution in [0.4, 0.5) is 4.39 Å². The fraction of sp³-hybridized carbons (Fsp3) is 0.136. The summed E-state index contributed by atoms with van der Waals surface area (Å²) in [4.78, 5) is 4.54. The Morgan fingerprint density at radius 2 is 1.90 bits per heavy atom. The number of benzene rings is 2. The SMILES string of the molecule is O=S(=O)(NCc1ccc(Oc2cccc(F)c2)nc1)C1=Cc2ccccc2CC1. The molecule has 0 saturated heterocycles. The number of allylic oxidation sites excluding steroid dienone is 1. The molecule has 2 aromatic carbocycles. The Hall–Kier alpha value is -3.03. The first-order valence-electron chi connectivity index (χ1n) is 9.16. The normalized spacial score (nSPS) is 13.5. The van der Waals surface area contributed by atoms with Crippen LogP contribution in [0.5, 0.6) is 11.6 Å². The Bertz CT molecular complexity index is 1160. The minimum absolute atomic E-state index is 0.120. The molecule has 7 heteroatoms. The van der Waals surface area contributed by atoms with Crippen molar-refractivity contribution in [3.05, 3.63) is 94.3 Å². The number of pyridine rings is 1. The van der Waals surface area contributed by atoms with Gasteiger partial charge >= 0.3 is 0 Å². The van der Waals surface area contributed by atoms with Gasteiger partial charge in [-0.25, -0.2) is 22.5 Å². The highest BCUT2D eigenvalue weighted by Crippen LogP contribution is 2.26. The van der Waals surface area contributed by atoms with Gasteiger partial charge in [0.15, 0.2) is 0 Å². The standard InChI is InChI=1S/C22H19FN2O3S/c23-19-6-3-7-20(13-19)28-22-11-8-16(14-24-22)15-25-29(26,27)21-10-9-17-4-1-2-5-18(17)12-21/h1-8,11-14,25H,9-10,15H2. The second kappa shape index (κ2) is 8.14. The molecule has 0 fully saturated rings. The average molecular weight is 410 g/mol. The van der Waals surface area contributed by atoms with Crippen LogP contribution in [-0.2, 0) is 23.0 Å². The molecule has 1 aromatic heterocycles. The Labute approximate surface area is 168 Å². The van der Waals surface area contributed by atoms with E-state index in [1.54, 1.807) is 30.3 Å². The van der Waals surface area contributed by atoms with Crippen LogP contribution >= 0.6 is 0 Å². The number of nitrogens with one attached hydrogen (secondary N) is 1. The minimum atomic E-state index is -3.58. The summed E-state index contributed by atoms with van der Waals surface area (Å²) in [5, 5.41) is 0. The van der Waals surface area contributed by atoms with Crippen molar-refractivity contribution in [3.63, 3.8) is 0 Å². The van der Waals surface area contributed by atoms with E-state index in [9.17, 15) is 12.8 Å². The maximum absolute atomic E-state index is 13.2. The third kappa shape index (κ3) is 4.70. The molecule has 0 unspecified atom stereocenters. The van der Waals surface area contributed by atoms with E-state index in [4.69, 9.17) is 4.74 Å². The fourth-order valence-corrected chi connectivity index (χ4v) is 4.31. The van der Waals surface area contributed by atoms with Crippen LogP contribution in [0.25, 0.3) is 6.08 Å². The minimum Gasteiger partial charge on any atom is -0.439 e. The fourth-order valence-electron chi connectivity index (χ4n) is 3.12. The number of nitrogens with zero attached hydrogens (tertiary/aromatic N) is 1. The number of ether oxygens (including phenoxy) is 1. The van der Waals surface area contributed by atoms with E-state index in [-0.39, 0.29) is 6.54 Å². The quantitative estimate of drug-likeness (QED) is 0.653. The third-order valence-corrected chi connectivity index (χ3v) is 6.18. The topological polar surface area (TPSA) is 68.3 Å². The summed E-state index contributed by atoms with van der Waals surface area (Å²) in [5.41, 5.74) is 2.79. The first-order valence-corrected chi connectivity index (χ1v) is 10.6. The van der Waals surface area contributed by atoms with Crippen LogP contribution < -0.4 is 9.46 Å².